The summed E-state index contributed by atoms with van der Waals surface area (Å²) in [6.45, 7) is 3.20. The predicted octanol–water partition coefficient (Wildman–Crippen LogP) is 2.61. The molecular formula is C20H22N6O3S2. The number of nitrogens with one attached hydrogen (secondary N) is 1. The zero-order valence-electron chi connectivity index (χ0n) is 16.8. The van der Waals surface area contributed by atoms with Gasteiger partial charge in [0.25, 0.3) is 0 Å². The standard InChI is InChI=1S/C20H22N6O3S2/c27-31(28,17-14-22-19-15(17)4-1-7-21-19)26-11-9-25(10-12-26)8-2-6-18-23-20(24-29-18)16-5-3-13-30-16/h1,3-5,7,13-14H,2,6,8-12H2,(H,21,22). The number of sulfonamides is 1. The number of fused-ring (bicyclic) bond motifs is 1. The molecule has 0 aliphatic carbocycles. The van der Waals surface area contributed by atoms with Crippen LogP contribution in [0.1, 0.15) is 12.3 Å². The predicted molar refractivity (Wildman–Crippen MR) is 117 cm³/mol. The van der Waals surface area contributed by atoms with Gasteiger partial charge in [-0.15, -0.1) is 11.3 Å². The van der Waals surface area contributed by atoms with Crippen molar-refractivity contribution < 1.29 is 12.9 Å². The number of pyridine rings is 1. The highest BCUT2D eigenvalue weighted by Crippen LogP contribution is 2.25. The number of aromatic nitrogens is 4. The lowest BCUT2D eigenvalue weighted by atomic mass is 10.2. The molecule has 1 aliphatic rings. The Kier molecular flexibility index (Phi) is 5.57. The number of nitrogens with zero attached hydrogens (tertiary/aromatic N) is 5. The molecule has 0 spiro atoms. The number of hydrogen-bond donors (Lipinski definition) is 1. The van der Waals surface area contributed by atoms with Gasteiger partial charge in [-0.1, -0.05) is 11.2 Å². The molecule has 31 heavy (non-hydrogen) atoms. The zero-order chi connectivity index (χ0) is 21.3. The molecule has 4 aromatic heterocycles. The van der Waals surface area contributed by atoms with Crippen molar-refractivity contribution >= 4 is 32.4 Å². The minimum absolute atomic E-state index is 0.294. The SMILES string of the molecule is O=S(=O)(c1c[nH]c2ncccc12)N1CCN(CCCc2nc(-c3cccs3)no2)CC1. The lowest BCUT2D eigenvalue weighted by Gasteiger charge is -2.33. The summed E-state index contributed by atoms with van der Waals surface area (Å²) in [5.74, 6) is 1.27. The molecule has 1 N–H and O–H groups in total. The second-order valence-electron chi connectivity index (χ2n) is 7.39. The van der Waals surface area contributed by atoms with Gasteiger partial charge in [0, 0.05) is 50.4 Å². The second kappa shape index (κ2) is 8.50. The van der Waals surface area contributed by atoms with Crippen LogP contribution in [0.3, 0.4) is 0 Å². The summed E-state index contributed by atoms with van der Waals surface area (Å²) in [6.07, 6.45) is 4.77. The van der Waals surface area contributed by atoms with E-state index in [2.05, 4.69) is 25.0 Å². The van der Waals surface area contributed by atoms with Crippen LogP contribution in [0.2, 0.25) is 0 Å². The third kappa shape index (κ3) is 4.13. The first-order valence-electron chi connectivity index (χ1n) is 10.1. The van der Waals surface area contributed by atoms with Crippen molar-refractivity contribution in [2.45, 2.75) is 17.7 Å². The van der Waals surface area contributed by atoms with Crippen LogP contribution in [-0.4, -0.2) is 70.5 Å². The Morgan fingerprint density at radius 2 is 2.03 bits per heavy atom. The van der Waals surface area contributed by atoms with Crippen LogP contribution in [0, 0.1) is 0 Å². The van der Waals surface area contributed by atoms with Crippen molar-refractivity contribution in [2.75, 3.05) is 32.7 Å². The first kappa shape index (κ1) is 20.3. The molecule has 0 unspecified atom stereocenters. The molecule has 0 radical (unpaired) electrons. The molecule has 11 heteroatoms. The molecule has 9 nitrogen and oxygen atoms in total. The van der Waals surface area contributed by atoms with Crippen LogP contribution < -0.4 is 0 Å². The maximum atomic E-state index is 13.1. The van der Waals surface area contributed by atoms with Crippen LogP contribution >= 0.6 is 11.3 Å². The lowest BCUT2D eigenvalue weighted by molar-refractivity contribution is 0.185. The molecule has 1 fully saturated rings. The topological polar surface area (TPSA) is 108 Å². The highest BCUT2D eigenvalue weighted by Gasteiger charge is 2.30. The number of aromatic amines is 1. The largest absolute Gasteiger partial charge is 0.345 e. The maximum Gasteiger partial charge on any atom is 0.245 e. The van der Waals surface area contributed by atoms with Crippen LogP contribution in [-0.2, 0) is 16.4 Å². The van der Waals surface area contributed by atoms with Crippen molar-refractivity contribution in [1.82, 2.24) is 29.3 Å². The number of hydrogen-bond acceptors (Lipinski definition) is 8. The van der Waals surface area contributed by atoms with Crippen LogP contribution in [0.25, 0.3) is 21.7 Å². The highest BCUT2D eigenvalue weighted by molar-refractivity contribution is 7.89. The van der Waals surface area contributed by atoms with Crippen molar-refractivity contribution in [3.05, 3.63) is 47.9 Å². The normalized spacial score (nSPS) is 16.3. The van der Waals surface area contributed by atoms with Gasteiger partial charge in [0.05, 0.1) is 4.88 Å². The molecule has 4 aromatic rings. The van der Waals surface area contributed by atoms with Crippen LogP contribution in [0.5, 0.6) is 0 Å². The van der Waals surface area contributed by atoms with E-state index in [9.17, 15) is 8.42 Å². The quantitative estimate of drug-likeness (QED) is 0.453. The van der Waals surface area contributed by atoms with Crippen molar-refractivity contribution in [3.8, 4) is 10.7 Å². The van der Waals surface area contributed by atoms with E-state index in [1.54, 1.807) is 34.0 Å². The molecule has 0 bridgehead atoms. The number of H-pyrrole nitrogens is 1. The van der Waals surface area contributed by atoms with E-state index >= 15 is 0 Å². The second-order valence-corrected chi connectivity index (χ2v) is 10.2. The van der Waals surface area contributed by atoms with Crippen molar-refractivity contribution in [3.63, 3.8) is 0 Å². The molecular weight excluding hydrogens is 436 g/mol. The van der Waals surface area contributed by atoms with Gasteiger partial charge in [-0.2, -0.15) is 9.29 Å². The smallest absolute Gasteiger partial charge is 0.245 e. The van der Waals surface area contributed by atoms with Gasteiger partial charge in [-0.05, 0) is 36.5 Å². The van der Waals surface area contributed by atoms with Crippen molar-refractivity contribution in [2.24, 2.45) is 0 Å². The van der Waals surface area contributed by atoms with Gasteiger partial charge in [-0.25, -0.2) is 13.4 Å². The Morgan fingerprint density at radius 1 is 1.16 bits per heavy atom. The van der Waals surface area contributed by atoms with Gasteiger partial charge in [0.1, 0.15) is 10.5 Å². The molecule has 1 aliphatic heterocycles. The monoisotopic (exact) mass is 458 g/mol. The summed E-state index contributed by atoms with van der Waals surface area (Å²) < 4.78 is 33.1. The van der Waals surface area contributed by atoms with E-state index in [1.807, 2.05) is 17.5 Å². The minimum Gasteiger partial charge on any atom is -0.345 e. The van der Waals surface area contributed by atoms with E-state index in [0.717, 1.165) is 17.8 Å². The van der Waals surface area contributed by atoms with E-state index in [0.29, 0.717) is 60.2 Å². The third-order valence-corrected chi connectivity index (χ3v) is 8.24. The Hall–Kier alpha value is -2.60. The number of aryl methyl sites for hydroxylation is 1. The molecule has 5 rings (SSSR count). The van der Waals surface area contributed by atoms with Gasteiger partial charge in [-0.3, -0.25) is 0 Å². The fraction of sp³-hybridized carbons (Fsp3) is 0.350. The first-order chi connectivity index (χ1) is 15.1. The molecule has 1 saturated heterocycles. The van der Waals surface area contributed by atoms with E-state index in [-0.39, 0.29) is 0 Å². The summed E-state index contributed by atoms with van der Waals surface area (Å²) in [5.41, 5.74) is 0.586. The molecule has 0 amide bonds. The Labute approximate surface area is 183 Å². The average Bonchev–Trinajstić information content (AvgIpc) is 3.54. The highest BCUT2D eigenvalue weighted by atomic mass is 32.2. The van der Waals surface area contributed by atoms with Gasteiger partial charge in [0.15, 0.2) is 0 Å². The maximum absolute atomic E-state index is 13.1. The van der Waals surface area contributed by atoms with E-state index < -0.39 is 10.0 Å². The summed E-state index contributed by atoms with van der Waals surface area (Å²) in [6, 6.07) is 7.47. The Bertz CT molecular complexity index is 1260. The lowest BCUT2D eigenvalue weighted by Crippen LogP contribution is -2.48. The summed E-state index contributed by atoms with van der Waals surface area (Å²) in [5, 5.41) is 6.65. The van der Waals surface area contributed by atoms with Gasteiger partial charge < -0.3 is 14.4 Å². The third-order valence-electron chi connectivity index (χ3n) is 5.44. The summed E-state index contributed by atoms with van der Waals surface area (Å²) >= 11 is 1.59. The molecule has 162 valence electrons. The average molecular weight is 459 g/mol. The number of rotatable bonds is 7. The fourth-order valence-electron chi connectivity index (χ4n) is 3.79. The first-order valence-corrected chi connectivity index (χ1v) is 12.4. The molecule has 0 atom stereocenters. The summed E-state index contributed by atoms with van der Waals surface area (Å²) in [4.78, 5) is 15.2. The molecule has 5 heterocycles. The van der Waals surface area contributed by atoms with Crippen LogP contribution in [0.4, 0.5) is 0 Å². The zero-order valence-corrected chi connectivity index (χ0v) is 18.4. The van der Waals surface area contributed by atoms with Crippen LogP contribution in [0.15, 0.2) is 51.5 Å². The molecule has 0 aromatic carbocycles. The number of piperazine rings is 1. The van der Waals surface area contributed by atoms with E-state index in [1.165, 1.54) is 6.20 Å². The van der Waals surface area contributed by atoms with E-state index in [4.69, 9.17) is 4.52 Å². The summed E-state index contributed by atoms with van der Waals surface area (Å²) in [7, 11) is -3.55. The van der Waals surface area contributed by atoms with Crippen molar-refractivity contribution in [1.29, 1.82) is 0 Å². The van der Waals surface area contributed by atoms with Gasteiger partial charge >= 0.3 is 0 Å². The van der Waals surface area contributed by atoms with Gasteiger partial charge in [0.2, 0.25) is 21.7 Å². The molecule has 0 saturated carbocycles. The minimum atomic E-state index is -3.55. The number of thiophene rings is 1. The Morgan fingerprint density at radius 3 is 2.84 bits per heavy atom. The Balaban J connectivity index is 1.14. The fourth-order valence-corrected chi connectivity index (χ4v) is 6.01.